The number of amides is 1. The zero-order chi connectivity index (χ0) is 13.7. The molecule has 1 aromatic carbocycles. The maximum atomic E-state index is 11.7. The maximum absolute atomic E-state index is 11.7. The van der Waals surface area contributed by atoms with E-state index in [9.17, 15) is 4.79 Å². The van der Waals surface area contributed by atoms with Crippen molar-refractivity contribution in [2.24, 2.45) is 0 Å². The quantitative estimate of drug-likeness (QED) is 0.833. The molecule has 7 nitrogen and oxygen atoms in total. The molecule has 0 radical (unpaired) electrons. The van der Waals surface area contributed by atoms with Crippen molar-refractivity contribution in [1.82, 2.24) is 14.8 Å². The summed E-state index contributed by atoms with van der Waals surface area (Å²) in [6, 6.07) is 7.15. The summed E-state index contributed by atoms with van der Waals surface area (Å²) < 4.78 is 6.69. The molecule has 1 heterocycles. The lowest BCUT2D eigenvalue weighted by Crippen LogP contribution is -2.19. The average Bonchev–Trinajstić information content (AvgIpc) is 2.77. The first-order valence-corrected chi connectivity index (χ1v) is 5.85. The zero-order valence-corrected chi connectivity index (χ0v) is 10.5. The minimum atomic E-state index is -0.200. The van der Waals surface area contributed by atoms with Gasteiger partial charge in [-0.15, -0.1) is 5.10 Å². The molecule has 7 heteroatoms. The Morgan fingerprint density at radius 3 is 2.74 bits per heavy atom. The van der Waals surface area contributed by atoms with E-state index in [0.29, 0.717) is 12.3 Å². The Labute approximate surface area is 110 Å². The van der Waals surface area contributed by atoms with Gasteiger partial charge < -0.3 is 15.8 Å². The van der Waals surface area contributed by atoms with Gasteiger partial charge in [-0.1, -0.05) is 0 Å². The molecule has 3 N–H and O–H groups in total. The van der Waals surface area contributed by atoms with Gasteiger partial charge in [0.25, 0.3) is 0 Å². The number of rotatable bonds is 5. The number of anilines is 2. The average molecular weight is 261 g/mol. The van der Waals surface area contributed by atoms with E-state index in [4.69, 9.17) is 10.5 Å². The van der Waals surface area contributed by atoms with Gasteiger partial charge in [-0.05, 0) is 31.2 Å². The van der Waals surface area contributed by atoms with Gasteiger partial charge in [0.15, 0.2) is 0 Å². The second-order valence-corrected chi connectivity index (χ2v) is 3.81. The van der Waals surface area contributed by atoms with Gasteiger partial charge in [0.2, 0.25) is 11.9 Å². The highest BCUT2D eigenvalue weighted by Gasteiger charge is 2.05. The van der Waals surface area contributed by atoms with Crippen LogP contribution in [0.15, 0.2) is 30.6 Å². The minimum absolute atomic E-state index is 0.0669. The molecule has 0 saturated carbocycles. The van der Waals surface area contributed by atoms with E-state index in [1.165, 1.54) is 11.0 Å². The number of ether oxygens (including phenoxy) is 1. The van der Waals surface area contributed by atoms with Crippen LogP contribution >= 0.6 is 0 Å². The number of nitrogens with two attached hydrogens (primary N) is 1. The van der Waals surface area contributed by atoms with Gasteiger partial charge in [0.05, 0.1) is 6.61 Å². The molecule has 1 amide bonds. The lowest BCUT2D eigenvalue weighted by Gasteiger charge is -2.06. The Morgan fingerprint density at radius 2 is 2.16 bits per heavy atom. The molecule has 100 valence electrons. The molecule has 0 spiro atoms. The van der Waals surface area contributed by atoms with Crippen molar-refractivity contribution in [3.63, 3.8) is 0 Å². The van der Waals surface area contributed by atoms with Crippen LogP contribution < -0.4 is 15.8 Å². The second kappa shape index (κ2) is 5.85. The summed E-state index contributed by atoms with van der Waals surface area (Å²) in [5.74, 6) is 0.715. The fourth-order valence-electron chi connectivity index (χ4n) is 1.53. The van der Waals surface area contributed by atoms with Crippen LogP contribution in [-0.2, 0) is 11.3 Å². The SMILES string of the molecule is CCOc1ccc(NC(=O)Cn2cnc(N)n2)cc1. The van der Waals surface area contributed by atoms with E-state index in [1.807, 2.05) is 6.92 Å². The van der Waals surface area contributed by atoms with Gasteiger partial charge in [0, 0.05) is 5.69 Å². The molecule has 2 aromatic rings. The zero-order valence-electron chi connectivity index (χ0n) is 10.5. The maximum Gasteiger partial charge on any atom is 0.246 e. The highest BCUT2D eigenvalue weighted by atomic mass is 16.5. The highest BCUT2D eigenvalue weighted by molar-refractivity contribution is 5.90. The van der Waals surface area contributed by atoms with Gasteiger partial charge in [0.1, 0.15) is 18.6 Å². The van der Waals surface area contributed by atoms with Crippen LogP contribution in [0, 0.1) is 0 Å². The Bertz CT molecular complexity index is 550. The topological polar surface area (TPSA) is 95.1 Å². The number of nitrogen functional groups attached to an aromatic ring is 1. The van der Waals surface area contributed by atoms with E-state index < -0.39 is 0 Å². The van der Waals surface area contributed by atoms with E-state index in [-0.39, 0.29) is 18.4 Å². The summed E-state index contributed by atoms with van der Waals surface area (Å²) in [5, 5.41) is 6.58. The highest BCUT2D eigenvalue weighted by Crippen LogP contribution is 2.15. The molecule has 1 aromatic heterocycles. The smallest absolute Gasteiger partial charge is 0.246 e. The van der Waals surface area contributed by atoms with Crippen LogP contribution in [0.5, 0.6) is 5.75 Å². The predicted molar refractivity (Wildman–Crippen MR) is 70.7 cm³/mol. The molecule has 0 bridgehead atoms. The number of nitrogens with one attached hydrogen (secondary N) is 1. The summed E-state index contributed by atoms with van der Waals surface area (Å²) in [5.41, 5.74) is 6.06. The molecular weight excluding hydrogens is 246 g/mol. The summed E-state index contributed by atoms with van der Waals surface area (Å²) in [7, 11) is 0. The predicted octanol–water partition coefficient (Wildman–Crippen LogP) is 0.898. The van der Waals surface area contributed by atoms with E-state index in [2.05, 4.69) is 15.4 Å². The first-order valence-electron chi connectivity index (χ1n) is 5.85. The molecule has 0 atom stereocenters. The minimum Gasteiger partial charge on any atom is -0.494 e. The van der Waals surface area contributed by atoms with Gasteiger partial charge in [-0.2, -0.15) is 0 Å². The number of carbonyl (C=O) groups is 1. The number of benzene rings is 1. The molecule has 2 rings (SSSR count). The Morgan fingerprint density at radius 1 is 1.42 bits per heavy atom. The Kier molecular flexibility index (Phi) is 3.97. The van der Waals surface area contributed by atoms with Crippen molar-refractivity contribution >= 4 is 17.5 Å². The third-order valence-electron chi connectivity index (χ3n) is 2.31. The Hall–Kier alpha value is -2.57. The fourth-order valence-corrected chi connectivity index (χ4v) is 1.53. The van der Waals surface area contributed by atoms with Crippen LogP contribution in [0.25, 0.3) is 0 Å². The van der Waals surface area contributed by atoms with Crippen molar-refractivity contribution in [2.45, 2.75) is 13.5 Å². The van der Waals surface area contributed by atoms with Crippen LogP contribution in [0.1, 0.15) is 6.92 Å². The van der Waals surface area contributed by atoms with Crippen molar-refractivity contribution < 1.29 is 9.53 Å². The van der Waals surface area contributed by atoms with E-state index in [0.717, 1.165) is 5.75 Å². The molecule has 19 heavy (non-hydrogen) atoms. The molecule has 0 aliphatic carbocycles. The second-order valence-electron chi connectivity index (χ2n) is 3.81. The van der Waals surface area contributed by atoms with Crippen molar-refractivity contribution in [3.8, 4) is 5.75 Å². The van der Waals surface area contributed by atoms with Crippen LogP contribution in [-0.4, -0.2) is 27.3 Å². The standard InChI is InChI=1S/C12H15N5O2/c1-2-19-10-5-3-9(4-6-10)15-11(18)7-17-8-14-12(13)16-17/h3-6,8H,2,7H2,1H3,(H2,13,16)(H,15,18). The van der Waals surface area contributed by atoms with E-state index in [1.54, 1.807) is 24.3 Å². The fraction of sp³-hybridized carbons (Fsp3) is 0.250. The van der Waals surface area contributed by atoms with Gasteiger partial charge in [-0.25, -0.2) is 9.67 Å². The van der Waals surface area contributed by atoms with Crippen LogP contribution in [0.4, 0.5) is 11.6 Å². The lowest BCUT2D eigenvalue weighted by molar-refractivity contribution is -0.116. The molecule has 0 unspecified atom stereocenters. The summed E-state index contributed by atoms with van der Waals surface area (Å²) in [6.45, 7) is 2.59. The summed E-state index contributed by atoms with van der Waals surface area (Å²) >= 11 is 0. The largest absolute Gasteiger partial charge is 0.494 e. The van der Waals surface area contributed by atoms with Crippen LogP contribution in [0.2, 0.25) is 0 Å². The summed E-state index contributed by atoms with van der Waals surface area (Å²) in [4.78, 5) is 15.5. The third kappa shape index (κ3) is 3.70. The van der Waals surface area contributed by atoms with Gasteiger partial charge in [-0.3, -0.25) is 4.79 Å². The number of nitrogens with zero attached hydrogens (tertiary/aromatic N) is 3. The number of aromatic nitrogens is 3. The van der Waals surface area contributed by atoms with Gasteiger partial charge >= 0.3 is 0 Å². The van der Waals surface area contributed by atoms with E-state index >= 15 is 0 Å². The molecule has 0 saturated heterocycles. The first kappa shape index (κ1) is 12.9. The number of hydrogen-bond donors (Lipinski definition) is 2. The monoisotopic (exact) mass is 261 g/mol. The lowest BCUT2D eigenvalue weighted by atomic mass is 10.3. The van der Waals surface area contributed by atoms with Crippen LogP contribution in [0.3, 0.4) is 0 Å². The number of hydrogen-bond acceptors (Lipinski definition) is 5. The third-order valence-corrected chi connectivity index (χ3v) is 2.31. The molecule has 0 fully saturated rings. The van der Waals surface area contributed by atoms with Crippen molar-refractivity contribution in [1.29, 1.82) is 0 Å². The first-order chi connectivity index (χ1) is 9.17. The normalized spacial score (nSPS) is 10.2. The molecular formula is C12H15N5O2. The molecule has 0 aliphatic rings. The Balaban J connectivity index is 1.91. The summed E-state index contributed by atoms with van der Waals surface area (Å²) in [6.07, 6.45) is 1.41. The van der Waals surface area contributed by atoms with Crippen molar-refractivity contribution in [2.75, 3.05) is 17.7 Å². The molecule has 0 aliphatic heterocycles. The number of carbonyl (C=O) groups excluding carboxylic acids is 1. The van der Waals surface area contributed by atoms with Crippen molar-refractivity contribution in [3.05, 3.63) is 30.6 Å².